The Hall–Kier alpha value is -2.24. The molecule has 0 bridgehead atoms. The van der Waals surface area contributed by atoms with E-state index in [-0.39, 0.29) is 5.69 Å². The number of nitro groups is 1. The molecule has 0 unspecified atom stereocenters. The van der Waals surface area contributed by atoms with Crippen molar-refractivity contribution in [2.24, 2.45) is 0 Å². The Balaban J connectivity index is 2.72. The van der Waals surface area contributed by atoms with Crippen molar-refractivity contribution in [3.8, 4) is 5.69 Å². The van der Waals surface area contributed by atoms with Crippen LogP contribution >= 0.6 is 0 Å². The molecule has 0 spiro atoms. The molecule has 82 valence electrons. The molecule has 0 amide bonds. The Morgan fingerprint density at radius 3 is 2.44 bits per heavy atom. The lowest BCUT2D eigenvalue weighted by atomic mass is 10.1. The molecule has 2 rings (SSSR count). The summed E-state index contributed by atoms with van der Waals surface area (Å²) in [6.07, 6.45) is 2.90. The molecule has 0 N–H and O–H groups in total. The van der Waals surface area contributed by atoms with Gasteiger partial charge < -0.3 is 0 Å². The molecule has 0 radical (unpaired) electrons. The third-order valence-electron chi connectivity index (χ3n) is 2.30. The lowest BCUT2D eigenvalue weighted by molar-refractivity contribution is -0.384. The van der Waals surface area contributed by atoms with Crippen LogP contribution in [0.2, 0.25) is 0 Å². The van der Waals surface area contributed by atoms with Crippen LogP contribution in [-0.2, 0) is 0 Å². The molecule has 0 aliphatic rings. The lowest BCUT2D eigenvalue weighted by Gasteiger charge is -2.07. The Morgan fingerprint density at radius 2 is 1.88 bits per heavy atom. The maximum Gasteiger partial charge on any atom is 0.293 e. The van der Waals surface area contributed by atoms with Crippen molar-refractivity contribution in [3.63, 3.8) is 0 Å². The number of hydrogen-bond donors (Lipinski definition) is 0. The maximum absolute atomic E-state index is 11.0. The zero-order valence-corrected chi connectivity index (χ0v) is 8.91. The quantitative estimate of drug-likeness (QED) is 0.569. The Morgan fingerprint density at radius 1 is 1.25 bits per heavy atom. The van der Waals surface area contributed by atoms with Crippen LogP contribution in [0, 0.1) is 24.0 Å². The van der Waals surface area contributed by atoms with E-state index in [9.17, 15) is 10.1 Å². The van der Waals surface area contributed by atoms with Crippen molar-refractivity contribution in [1.82, 2.24) is 14.8 Å². The fraction of sp³-hybridized carbons (Fsp3) is 0.200. The average Bonchev–Trinajstić information content (AvgIpc) is 2.69. The van der Waals surface area contributed by atoms with E-state index in [1.807, 2.05) is 19.9 Å². The van der Waals surface area contributed by atoms with Gasteiger partial charge in [-0.1, -0.05) is 6.07 Å². The number of nitrogens with zero attached hydrogens (tertiary/aromatic N) is 4. The molecule has 0 aliphatic heterocycles. The highest BCUT2D eigenvalue weighted by molar-refractivity contribution is 5.58. The van der Waals surface area contributed by atoms with Gasteiger partial charge in [0, 0.05) is 6.07 Å². The summed E-state index contributed by atoms with van der Waals surface area (Å²) in [6.45, 7) is 3.66. The van der Waals surface area contributed by atoms with Crippen molar-refractivity contribution in [2.75, 3.05) is 0 Å². The molecule has 16 heavy (non-hydrogen) atoms. The first-order valence-corrected chi connectivity index (χ1v) is 4.70. The van der Waals surface area contributed by atoms with Crippen molar-refractivity contribution < 1.29 is 4.92 Å². The van der Waals surface area contributed by atoms with E-state index in [0.717, 1.165) is 11.1 Å². The summed E-state index contributed by atoms with van der Waals surface area (Å²) in [5.74, 6) is 0. The summed E-state index contributed by atoms with van der Waals surface area (Å²) >= 11 is 0. The van der Waals surface area contributed by atoms with E-state index in [4.69, 9.17) is 0 Å². The number of rotatable bonds is 2. The van der Waals surface area contributed by atoms with Crippen LogP contribution in [0.4, 0.5) is 5.69 Å². The van der Waals surface area contributed by atoms with Gasteiger partial charge in [0.1, 0.15) is 18.3 Å². The summed E-state index contributed by atoms with van der Waals surface area (Å²) in [5, 5.41) is 18.3. The Bertz CT molecular complexity index is 534. The topological polar surface area (TPSA) is 73.8 Å². The molecule has 1 aromatic carbocycles. The first-order chi connectivity index (χ1) is 7.59. The van der Waals surface area contributed by atoms with E-state index in [2.05, 4.69) is 10.2 Å². The second-order valence-corrected chi connectivity index (χ2v) is 3.58. The van der Waals surface area contributed by atoms with E-state index < -0.39 is 4.92 Å². The van der Waals surface area contributed by atoms with Gasteiger partial charge in [0.25, 0.3) is 5.69 Å². The number of nitro benzene ring substituents is 1. The SMILES string of the molecule is Cc1cc(C)c(-n2cnnc2)c([N+](=O)[O-])c1. The van der Waals surface area contributed by atoms with E-state index in [0.29, 0.717) is 5.69 Å². The molecular weight excluding hydrogens is 208 g/mol. The zero-order chi connectivity index (χ0) is 11.7. The highest BCUT2D eigenvalue weighted by Gasteiger charge is 2.18. The zero-order valence-electron chi connectivity index (χ0n) is 8.91. The Labute approximate surface area is 91.7 Å². The first kappa shape index (κ1) is 10.3. The third kappa shape index (κ3) is 1.65. The van der Waals surface area contributed by atoms with Crippen LogP contribution in [0.3, 0.4) is 0 Å². The van der Waals surface area contributed by atoms with E-state index in [1.54, 1.807) is 10.6 Å². The summed E-state index contributed by atoms with van der Waals surface area (Å²) in [5.41, 5.74) is 2.27. The van der Waals surface area contributed by atoms with Crippen LogP contribution in [0.5, 0.6) is 0 Å². The predicted octanol–water partition coefficient (Wildman–Crippen LogP) is 1.79. The van der Waals surface area contributed by atoms with Crippen LogP contribution in [0.25, 0.3) is 5.69 Å². The van der Waals surface area contributed by atoms with Gasteiger partial charge in [-0.25, -0.2) is 0 Å². The van der Waals surface area contributed by atoms with Crippen LogP contribution in [-0.4, -0.2) is 19.7 Å². The van der Waals surface area contributed by atoms with E-state index in [1.165, 1.54) is 12.7 Å². The minimum Gasteiger partial charge on any atom is -0.281 e. The molecule has 0 fully saturated rings. The molecule has 6 nitrogen and oxygen atoms in total. The summed E-state index contributed by atoms with van der Waals surface area (Å²) in [4.78, 5) is 10.6. The fourth-order valence-electron chi connectivity index (χ4n) is 1.73. The normalized spacial score (nSPS) is 10.4. The smallest absolute Gasteiger partial charge is 0.281 e. The van der Waals surface area contributed by atoms with Crippen molar-refractivity contribution in [1.29, 1.82) is 0 Å². The van der Waals surface area contributed by atoms with Gasteiger partial charge in [-0.3, -0.25) is 14.7 Å². The number of benzene rings is 1. The monoisotopic (exact) mass is 218 g/mol. The van der Waals surface area contributed by atoms with Gasteiger partial charge in [-0.05, 0) is 25.0 Å². The summed E-state index contributed by atoms with van der Waals surface area (Å²) in [7, 11) is 0. The molecule has 1 aromatic heterocycles. The molecule has 0 saturated carbocycles. The van der Waals surface area contributed by atoms with Crippen LogP contribution in [0.15, 0.2) is 24.8 Å². The second kappa shape index (κ2) is 3.73. The summed E-state index contributed by atoms with van der Waals surface area (Å²) < 4.78 is 1.55. The number of hydrogen-bond acceptors (Lipinski definition) is 4. The standard InChI is InChI=1S/C10H10N4O2/c1-7-3-8(2)10(9(4-7)14(15)16)13-5-11-12-6-13/h3-6H,1-2H3. The fourth-order valence-corrected chi connectivity index (χ4v) is 1.73. The summed E-state index contributed by atoms with van der Waals surface area (Å²) in [6, 6.07) is 3.44. The van der Waals surface area contributed by atoms with Crippen LogP contribution < -0.4 is 0 Å². The van der Waals surface area contributed by atoms with Crippen molar-refractivity contribution >= 4 is 5.69 Å². The second-order valence-electron chi connectivity index (χ2n) is 3.58. The van der Waals surface area contributed by atoms with Gasteiger partial charge in [-0.15, -0.1) is 10.2 Å². The molecule has 6 heteroatoms. The average molecular weight is 218 g/mol. The molecule has 1 heterocycles. The highest BCUT2D eigenvalue weighted by Crippen LogP contribution is 2.27. The Kier molecular flexibility index (Phi) is 2.40. The van der Waals surface area contributed by atoms with Crippen molar-refractivity contribution in [3.05, 3.63) is 46.0 Å². The van der Waals surface area contributed by atoms with Gasteiger partial charge in [0.05, 0.1) is 4.92 Å². The van der Waals surface area contributed by atoms with Crippen LogP contribution in [0.1, 0.15) is 11.1 Å². The third-order valence-corrected chi connectivity index (χ3v) is 2.30. The van der Waals surface area contributed by atoms with Gasteiger partial charge in [0.2, 0.25) is 0 Å². The number of aromatic nitrogens is 3. The number of aryl methyl sites for hydroxylation is 2. The maximum atomic E-state index is 11.0. The minimum atomic E-state index is -0.394. The van der Waals surface area contributed by atoms with Gasteiger partial charge in [-0.2, -0.15) is 0 Å². The van der Waals surface area contributed by atoms with Gasteiger partial charge >= 0.3 is 0 Å². The molecule has 0 atom stereocenters. The van der Waals surface area contributed by atoms with Gasteiger partial charge in [0.15, 0.2) is 0 Å². The molecule has 0 saturated heterocycles. The largest absolute Gasteiger partial charge is 0.293 e. The molecule has 2 aromatic rings. The van der Waals surface area contributed by atoms with E-state index >= 15 is 0 Å². The first-order valence-electron chi connectivity index (χ1n) is 4.70. The lowest BCUT2D eigenvalue weighted by Crippen LogP contribution is -2.01. The molecule has 0 aliphatic carbocycles. The predicted molar refractivity (Wildman–Crippen MR) is 57.5 cm³/mol. The minimum absolute atomic E-state index is 0.0669. The highest BCUT2D eigenvalue weighted by atomic mass is 16.6. The van der Waals surface area contributed by atoms with Crippen molar-refractivity contribution in [2.45, 2.75) is 13.8 Å². The molecular formula is C10H10N4O2.